The van der Waals surface area contributed by atoms with E-state index < -0.39 is 0 Å². The van der Waals surface area contributed by atoms with Crippen LogP contribution in [0.3, 0.4) is 0 Å². The smallest absolute Gasteiger partial charge is 0.0757 e. The van der Waals surface area contributed by atoms with Crippen molar-refractivity contribution in [1.29, 1.82) is 0 Å². The Morgan fingerprint density at radius 1 is 0.875 bits per heavy atom. The van der Waals surface area contributed by atoms with Gasteiger partial charge in [0.2, 0.25) is 0 Å². The molecule has 4 rings (SSSR count). The molecule has 0 aromatic carbocycles. The predicted octanol–water partition coefficient (Wildman–Crippen LogP) is 9.58. The maximum absolute atomic E-state index is 11.1. The zero-order chi connectivity index (χ0) is 30.3. The molecule has 10 atom stereocenters. The second-order valence-electron chi connectivity index (χ2n) is 15.7. The third kappa shape index (κ3) is 8.82. The number of fused-ring (bicyclic) bond motifs is 5. The number of aliphatic hydroxyl groups excluding tert-OH is 3. The van der Waals surface area contributed by atoms with Gasteiger partial charge in [-0.05, 0) is 117 Å². The van der Waals surface area contributed by atoms with Crippen molar-refractivity contribution in [3.05, 3.63) is 11.6 Å². The van der Waals surface area contributed by atoms with E-state index in [0.29, 0.717) is 35.5 Å². The number of rotatable bonds is 8. The molecule has 0 bridgehead atoms. The van der Waals surface area contributed by atoms with Gasteiger partial charge in [0.05, 0.1) is 18.3 Å². The lowest BCUT2D eigenvalue weighted by molar-refractivity contribution is -0.0889. The summed E-state index contributed by atoms with van der Waals surface area (Å²) in [6.45, 7) is 22.4. The molecule has 3 nitrogen and oxygen atoms in total. The minimum atomic E-state index is -0.284. The van der Waals surface area contributed by atoms with Crippen LogP contribution in [-0.2, 0) is 0 Å². The van der Waals surface area contributed by atoms with Gasteiger partial charge >= 0.3 is 0 Å². The zero-order valence-electron chi connectivity index (χ0n) is 28.4. The summed E-state index contributed by atoms with van der Waals surface area (Å²) in [4.78, 5) is 0. The summed E-state index contributed by atoms with van der Waals surface area (Å²) in [5, 5.41) is 29.2. The highest BCUT2D eigenvalue weighted by molar-refractivity contribution is 5.27. The van der Waals surface area contributed by atoms with E-state index >= 15 is 0 Å². The summed E-state index contributed by atoms with van der Waals surface area (Å²) >= 11 is 0. The summed E-state index contributed by atoms with van der Waals surface area (Å²) in [6, 6.07) is 0. The van der Waals surface area contributed by atoms with Crippen molar-refractivity contribution >= 4 is 0 Å². The second-order valence-corrected chi connectivity index (χ2v) is 15.7. The first-order valence-electron chi connectivity index (χ1n) is 17.5. The van der Waals surface area contributed by atoms with Gasteiger partial charge in [-0.2, -0.15) is 0 Å². The van der Waals surface area contributed by atoms with Crippen LogP contribution in [0.2, 0.25) is 0 Å². The van der Waals surface area contributed by atoms with Crippen molar-refractivity contribution in [3.63, 3.8) is 0 Å². The number of aliphatic hydroxyl groups is 3. The number of allylic oxidation sites excluding steroid dienone is 1. The van der Waals surface area contributed by atoms with Crippen molar-refractivity contribution in [2.75, 3.05) is 0 Å². The number of hydrogen-bond donors (Lipinski definition) is 3. The third-order valence-electron chi connectivity index (χ3n) is 11.8. The molecule has 0 spiro atoms. The molecule has 3 fully saturated rings. The standard InChI is InChI=1S/C22H36O.C8H18O2.C7H16/c1-5-15-6-7-17-20-18(9-11-21(15,17)3)22(4)10-8-14(2)12-16(22)13-19(20)23;1-6(2)8(10)5-4-7(3)9;1-4-5-6-7(2)3/h13-15,17-20,23H,5-12H2,1-4H3;6-10H,4-5H2,1-3H3;7H,4-6H2,1-3H3. The summed E-state index contributed by atoms with van der Waals surface area (Å²) in [6.07, 6.45) is 18.0. The molecule has 4 aliphatic carbocycles. The molecule has 0 radical (unpaired) electrons. The van der Waals surface area contributed by atoms with Crippen molar-refractivity contribution in [1.82, 2.24) is 0 Å². The molecule has 10 unspecified atom stereocenters. The maximum atomic E-state index is 11.1. The highest BCUT2D eigenvalue weighted by Crippen LogP contribution is 2.66. The van der Waals surface area contributed by atoms with E-state index in [1.165, 1.54) is 70.6 Å². The third-order valence-corrected chi connectivity index (χ3v) is 11.8. The average molecular weight is 563 g/mol. The van der Waals surface area contributed by atoms with Crippen molar-refractivity contribution in [3.8, 4) is 0 Å². The van der Waals surface area contributed by atoms with Crippen LogP contribution < -0.4 is 0 Å². The Morgan fingerprint density at radius 3 is 2.08 bits per heavy atom. The summed E-state index contributed by atoms with van der Waals surface area (Å²) in [7, 11) is 0. The van der Waals surface area contributed by atoms with E-state index in [-0.39, 0.29) is 18.3 Å². The van der Waals surface area contributed by atoms with Crippen LogP contribution in [-0.4, -0.2) is 33.6 Å². The van der Waals surface area contributed by atoms with Crippen LogP contribution in [0, 0.1) is 52.3 Å². The lowest BCUT2D eigenvalue weighted by Crippen LogP contribution is -2.54. The van der Waals surface area contributed by atoms with Gasteiger partial charge in [0, 0.05) is 0 Å². The van der Waals surface area contributed by atoms with Gasteiger partial charge in [-0.1, -0.05) is 99.6 Å². The first-order chi connectivity index (χ1) is 18.7. The summed E-state index contributed by atoms with van der Waals surface area (Å²) < 4.78 is 0. The second kappa shape index (κ2) is 15.9. The fourth-order valence-corrected chi connectivity index (χ4v) is 8.97. The van der Waals surface area contributed by atoms with Crippen LogP contribution in [0.4, 0.5) is 0 Å². The lowest BCUT2D eigenvalue weighted by atomic mass is 9.46. The van der Waals surface area contributed by atoms with Crippen molar-refractivity contribution in [2.45, 2.75) is 171 Å². The molecule has 3 heteroatoms. The molecular formula is C37H70O3. The fraction of sp³-hybridized carbons (Fsp3) is 0.946. The Labute approximate surface area is 250 Å². The summed E-state index contributed by atoms with van der Waals surface area (Å²) in [5.41, 5.74) is 2.50. The highest BCUT2D eigenvalue weighted by Gasteiger charge is 2.60. The molecule has 40 heavy (non-hydrogen) atoms. The van der Waals surface area contributed by atoms with Gasteiger partial charge in [-0.15, -0.1) is 0 Å². The van der Waals surface area contributed by atoms with E-state index in [1.807, 2.05) is 13.8 Å². The zero-order valence-corrected chi connectivity index (χ0v) is 28.4. The molecule has 236 valence electrons. The lowest BCUT2D eigenvalue weighted by Gasteiger charge is -2.59. The van der Waals surface area contributed by atoms with Crippen LogP contribution in [0.5, 0.6) is 0 Å². The van der Waals surface area contributed by atoms with Crippen LogP contribution in [0.1, 0.15) is 153 Å². The Bertz CT molecular complexity index is 757. The normalized spacial score (nSPS) is 38.1. The van der Waals surface area contributed by atoms with Crippen molar-refractivity contribution in [2.24, 2.45) is 52.3 Å². The van der Waals surface area contributed by atoms with E-state index in [2.05, 4.69) is 54.5 Å². The molecule has 3 N–H and O–H groups in total. The Kier molecular flexibility index (Phi) is 14.2. The molecule has 0 aromatic rings. The Balaban J connectivity index is 0.000000275. The number of unbranched alkanes of at least 4 members (excludes halogenated alkanes) is 1. The topological polar surface area (TPSA) is 60.7 Å². The minimum Gasteiger partial charge on any atom is -0.393 e. The van der Waals surface area contributed by atoms with Crippen LogP contribution in [0.25, 0.3) is 0 Å². The highest BCUT2D eigenvalue weighted by atomic mass is 16.3. The molecule has 4 aliphatic rings. The molecule has 0 amide bonds. The molecule has 0 saturated heterocycles. The molecular weight excluding hydrogens is 492 g/mol. The van der Waals surface area contributed by atoms with Gasteiger partial charge < -0.3 is 15.3 Å². The minimum absolute atomic E-state index is 0.173. The quantitative estimate of drug-likeness (QED) is 0.258. The van der Waals surface area contributed by atoms with E-state index in [0.717, 1.165) is 29.6 Å². The van der Waals surface area contributed by atoms with Crippen molar-refractivity contribution < 1.29 is 15.3 Å². The fourth-order valence-electron chi connectivity index (χ4n) is 8.97. The predicted molar refractivity (Wildman–Crippen MR) is 172 cm³/mol. The summed E-state index contributed by atoms with van der Waals surface area (Å²) in [5.74, 6) is 4.94. The first-order valence-corrected chi connectivity index (χ1v) is 17.5. The monoisotopic (exact) mass is 563 g/mol. The molecule has 0 aliphatic heterocycles. The van der Waals surface area contributed by atoms with E-state index in [9.17, 15) is 10.2 Å². The van der Waals surface area contributed by atoms with Gasteiger partial charge in [-0.3, -0.25) is 0 Å². The number of hydrogen-bond acceptors (Lipinski definition) is 3. The van der Waals surface area contributed by atoms with Gasteiger partial charge in [0.25, 0.3) is 0 Å². The molecule has 0 heterocycles. The maximum Gasteiger partial charge on any atom is 0.0757 e. The Hall–Kier alpha value is -0.380. The van der Waals surface area contributed by atoms with E-state index in [4.69, 9.17) is 5.11 Å². The molecule has 3 saturated carbocycles. The molecule has 0 aromatic heterocycles. The first kappa shape index (κ1) is 35.8. The Morgan fingerprint density at radius 2 is 1.55 bits per heavy atom. The largest absolute Gasteiger partial charge is 0.393 e. The van der Waals surface area contributed by atoms with Crippen LogP contribution in [0.15, 0.2) is 11.6 Å². The van der Waals surface area contributed by atoms with Crippen LogP contribution >= 0.6 is 0 Å². The van der Waals surface area contributed by atoms with Gasteiger partial charge in [0.15, 0.2) is 0 Å². The van der Waals surface area contributed by atoms with Gasteiger partial charge in [0.1, 0.15) is 0 Å². The average Bonchev–Trinajstić information content (AvgIpc) is 3.23. The van der Waals surface area contributed by atoms with Gasteiger partial charge in [-0.25, -0.2) is 0 Å². The van der Waals surface area contributed by atoms with E-state index in [1.54, 1.807) is 12.5 Å². The SMILES string of the molecule is CC(O)CCC(O)C(C)C.CCC1CCC2C3C(O)C=C4CC(C)CCC4(C)C3CCC12C.CCCCC(C)C.